The Labute approximate surface area is 161 Å². The van der Waals surface area contributed by atoms with Gasteiger partial charge >= 0.3 is 5.63 Å². The predicted octanol–water partition coefficient (Wildman–Crippen LogP) is 4.09. The van der Waals surface area contributed by atoms with Crippen molar-refractivity contribution in [2.75, 3.05) is 10.0 Å². The van der Waals surface area contributed by atoms with Crippen LogP contribution in [0.1, 0.15) is 25.7 Å². The first-order valence-corrected chi connectivity index (χ1v) is 10.5. The van der Waals surface area contributed by atoms with Gasteiger partial charge in [0.1, 0.15) is 11.4 Å². The molecule has 0 amide bonds. The van der Waals surface area contributed by atoms with E-state index in [0.29, 0.717) is 16.7 Å². The molecule has 2 N–H and O–H groups in total. The van der Waals surface area contributed by atoms with E-state index in [-0.39, 0.29) is 16.6 Å². The normalized spacial score (nSPS) is 15.0. The molecular formula is C20H19FN2O4S. The molecule has 28 heavy (non-hydrogen) atoms. The second-order valence-corrected chi connectivity index (χ2v) is 8.50. The Morgan fingerprint density at radius 3 is 2.36 bits per heavy atom. The van der Waals surface area contributed by atoms with Crippen molar-refractivity contribution in [3.8, 4) is 0 Å². The molecule has 1 saturated carbocycles. The van der Waals surface area contributed by atoms with Gasteiger partial charge in [0.05, 0.1) is 10.6 Å². The molecule has 0 bridgehead atoms. The largest absolute Gasteiger partial charge is 0.421 e. The van der Waals surface area contributed by atoms with Crippen molar-refractivity contribution in [3.63, 3.8) is 0 Å². The topological polar surface area (TPSA) is 88.4 Å². The summed E-state index contributed by atoms with van der Waals surface area (Å²) < 4.78 is 46.3. The number of hydrogen-bond acceptors (Lipinski definition) is 5. The highest BCUT2D eigenvalue weighted by Crippen LogP contribution is 2.33. The van der Waals surface area contributed by atoms with Crippen LogP contribution in [0.5, 0.6) is 0 Å². The molecule has 3 aromatic rings. The average Bonchev–Trinajstić information content (AvgIpc) is 3.18. The van der Waals surface area contributed by atoms with E-state index in [9.17, 15) is 17.6 Å². The summed E-state index contributed by atoms with van der Waals surface area (Å²) in [5, 5.41) is 3.95. The predicted molar refractivity (Wildman–Crippen MR) is 106 cm³/mol. The number of sulfonamides is 1. The molecule has 0 saturated heterocycles. The molecule has 1 aliphatic rings. The summed E-state index contributed by atoms with van der Waals surface area (Å²) in [6, 6.07) is 11.5. The van der Waals surface area contributed by atoms with E-state index in [1.807, 2.05) is 0 Å². The number of halogens is 1. The van der Waals surface area contributed by atoms with Crippen molar-refractivity contribution in [1.82, 2.24) is 0 Å². The summed E-state index contributed by atoms with van der Waals surface area (Å²) in [6.07, 6.45) is 4.04. The van der Waals surface area contributed by atoms with Crippen molar-refractivity contribution < 1.29 is 17.2 Å². The van der Waals surface area contributed by atoms with E-state index in [0.717, 1.165) is 49.9 Å². The van der Waals surface area contributed by atoms with Gasteiger partial charge in [0.2, 0.25) is 0 Å². The second-order valence-electron chi connectivity index (χ2n) is 6.82. The number of para-hydroxylation sites is 1. The monoisotopic (exact) mass is 402 g/mol. The smallest absolute Gasteiger partial charge is 0.363 e. The standard InChI is InChI=1S/C20H19FN2O4S/c21-13-9-11-15(12-10-13)28(25,26)23-19-18(22-14-5-1-2-6-14)16-7-3-4-8-17(16)27-20(19)24/h3-4,7-12,14,22-23H,1-2,5-6H2. The zero-order chi connectivity index (χ0) is 19.7. The molecule has 0 radical (unpaired) electrons. The number of rotatable bonds is 5. The minimum atomic E-state index is -4.09. The molecule has 1 aromatic heterocycles. The Morgan fingerprint density at radius 2 is 1.64 bits per heavy atom. The van der Waals surface area contributed by atoms with Gasteiger partial charge in [-0.25, -0.2) is 17.6 Å². The molecule has 2 aromatic carbocycles. The molecule has 4 rings (SSSR count). The number of hydrogen-bond donors (Lipinski definition) is 2. The summed E-state index contributed by atoms with van der Waals surface area (Å²) in [5.41, 5.74) is -0.179. The van der Waals surface area contributed by atoms with Crippen LogP contribution in [0.25, 0.3) is 11.0 Å². The average molecular weight is 402 g/mol. The first kappa shape index (κ1) is 18.5. The zero-order valence-electron chi connectivity index (χ0n) is 14.9. The molecule has 0 atom stereocenters. The number of fused-ring (bicyclic) bond motifs is 1. The fourth-order valence-corrected chi connectivity index (χ4v) is 4.54. The van der Waals surface area contributed by atoms with Crippen LogP contribution in [0, 0.1) is 5.82 Å². The number of benzene rings is 2. The molecule has 0 unspecified atom stereocenters. The van der Waals surface area contributed by atoms with Gasteiger partial charge in [0, 0.05) is 11.4 Å². The summed E-state index contributed by atoms with van der Waals surface area (Å²) in [4.78, 5) is 12.5. The van der Waals surface area contributed by atoms with Crippen LogP contribution in [0.3, 0.4) is 0 Å². The van der Waals surface area contributed by atoms with E-state index >= 15 is 0 Å². The maximum Gasteiger partial charge on any atom is 0.363 e. The van der Waals surface area contributed by atoms with Crippen LogP contribution >= 0.6 is 0 Å². The third-order valence-electron chi connectivity index (χ3n) is 4.88. The van der Waals surface area contributed by atoms with Gasteiger partial charge in [-0.2, -0.15) is 0 Å². The van der Waals surface area contributed by atoms with Gasteiger partial charge in [-0.1, -0.05) is 25.0 Å². The maximum atomic E-state index is 13.1. The lowest BCUT2D eigenvalue weighted by Crippen LogP contribution is -2.23. The Kier molecular flexibility index (Phi) is 4.80. The quantitative estimate of drug-likeness (QED) is 0.628. The molecule has 1 fully saturated rings. The Morgan fingerprint density at radius 1 is 0.964 bits per heavy atom. The SMILES string of the molecule is O=c1oc2ccccc2c(NC2CCCC2)c1NS(=O)(=O)c1ccc(F)cc1. The van der Waals surface area contributed by atoms with E-state index in [1.54, 1.807) is 24.3 Å². The van der Waals surface area contributed by atoms with Crippen LogP contribution in [0.2, 0.25) is 0 Å². The second kappa shape index (κ2) is 7.27. The molecule has 0 spiro atoms. The fourth-order valence-electron chi connectivity index (χ4n) is 3.47. The van der Waals surface area contributed by atoms with Crippen LogP contribution in [0.4, 0.5) is 15.8 Å². The van der Waals surface area contributed by atoms with Gasteiger partial charge in [-0.3, -0.25) is 4.72 Å². The van der Waals surface area contributed by atoms with Gasteiger partial charge < -0.3 is 9.73 Å². The minimum absolute atomic E-state index is 0.145. The van der Waals surface area contributed by atoms with Crippen LogP contribution in [0.15, 0.2) is 62.6 Å². The zero-order valence-corrected chi connectivity index (χ0v) is 15.8. The first-order valence-electron chi connectivity index (χ1n) is 9.05. The minimum Gasteiger partial charge on any atom is -0.421 e. The number of nitrogens with one attached hydrogen (secondary N) is 2. The van der Waals surface area contributed by atoms with Crippen LogP contribution in [-0.2, 0) is 10.0 Å². The third-order valence-corrected chi connectivity index (χ3v) is 6.24. The lowest BCUT2D eigenvalue weighted by Gasteiger charge is -2.19. The van der Waals surface area contributed by atoms with Crippen molar-refractivity contribution in [3.05, 3.63) is 64.8 Å². The lowest BCUT2D eigenvalue weighted by molar-refractivity contribution is 0.562. The summed E-state index contributed by atoms with van der Waals surface area (Å²) >= 11 is 0. The van der Waals surface area contributed by atoms with Crippen LogP contribution < -0.4 is 15.7 Å². The number of anilines is 2. The molecule has 6 nitrogen and oxygen atoms in total. The highest BCUT2D eigenvalue weighted by molar-refractivity contribution is 7.92. The first-order chi connectivity index (χ1) is 13.4. The maximum absolute atomic E-state index is 13.1. The van der Waals surface area contributed by atoms with E-state index in [4.69, 9.17) is 4.42 Å². The Bertz CT molecular complexity index is 1170. The van der Waals surface area contributed by atoms with Gasteiger partial charge in [0.15, 0.2) is 5.69 Å². The van der Waals surface area contributed by atoms with Gasteiger partial charge in [-0.05, 0) is 49.2 Å². The molecule has 1 heterocycles. The highest BCUT2D eigenvalue weighted by atomic mass is 32.2. The van der Waals surface area contributed by atoms with Crippen molar-refractivity contribution in [1.29, 1.82) is 0 Å². The Balaban J connectivity index is 1.82. The van der Waals surface area contributed by atoms with E-state index in [1.165, 1.54) is 0 Å². The third kappa shape index (κ3) is 3.60. The van der Waals surface area contributed by atoms with Crippen molar-refractivity contribution in [2.24, 2.45) is 0 Å². The van der Waals surface area contributed by atoms with Crippen molar-refractivity contribution >= 4 is 32.4 Å². The van der Waals surface area contributed by atoms with Gasteiger partial charge in [0.25, 0.3) is 10.0 Å². The summed E-state index contributed by atoms with van der Waals surface area (Å²) in [6.45, 7) is 0. The summed E-state index contributed by atoms with van der Waals surface area (Å²) in [5.74, 6) is -0.548. The molecule has 146 valence electrons. The molecule has 0 aliphatic heterocycles. The van der Waals surface area contributed by atoms with E-state index in [2.05, 4.69) is 10.0 Å². The van der Waals surface area contributed by atoms with Crippen molar-refractivity contribution in [2.45, 2.75) is 36.6 Å². The fraction of sp³-hybridized carbons (Fsp3) is 0.250. The van der Waals surface area contributed by atoms with Gasteiger partial charge in [-0.15, -0.1) is 0 Å². The molecule has 1 aliphatic carbocycles. The Hall–Kier alpha value is -2.87. The van der Waals surface area contributed by atoms with Crippen LogP contribution in [-0.4, -0.2) is 14.5 Å². The highest BCUT2D eigenvalue weighted by Gasteiger charge is 2.24. The summed E-state index contributed by atoms with van der Waals surface area (Å²) in [7, 11) is -4.09. The molecule has 8 heteroatoms. The molecular weight excluding hydrogens is 383 g/mol. The van der Waals surface area contributed by atoms with E-state index < -0.39 is 21.5 Å². The lowest BCUT2D eigenvalue weighted by atomic mass is 10.1.